The molecule has 15 heavy (non-hydrogen) atoms. The van der Waals surface area contributed by atoms with Gasteiger partial charge in [-0.25, -0.2) is 0 Å². The summed E-state index contributed by atoms with van der Waals surface area (Å²) >= 11 is 3.90. The smallest absolute Gasteiger partial charge is 0.106 e. The number of thiol groups is 1. The van der Waals surface area contributed by atoms with Crippen molar-refractivity contribution in [1.82, 2.24) is 0 Å². The molecular formula is C11H13NO2S. The van der Waals surface area contributed by atoms with Gasteiger partial charge in [-0.05, 0) is 24.1 Å². The van der Waals surface area contributed by atoms with Crippen LogP contribution in [0.15, 0.2) is 18.2 Å². The lowest BCUT2D eigenvalue weighted by Gasteiger charge is -2.16. The Morgan fingerprint density at radius 3 is 2.67 bits per heavy atom. The molecule has 0 bridgehead atoms. The van der Waals surface area contributed by atoms with Crippen LogP contribution in [0.5, 0.6) is 0 Å². The van der Waals surface area contributed by atoms with Crippen molar-refractivity contribution >= 4 is 12.6 Å². The third-order valence-corrected chi connectivity index (χ3v) is 2.65. The highest BCUT2D eigenvalue weighted by Crippen LogP contribution is 2.20. The van der Waals surface area contributed by atoms with Crippen LogP contribution in [-0.2, 0) is 0 Å². The van der Waals surface area contributed by atoms with Crippen LogP contribution in [0.3, 0.4) is 0 Å². The molecule has 0 amide bonds. The molecule has 0 aliphatic rings. The normalized spacial score (nSPS) is 14.3. The van der Waals surface area contributed by atoms with Crippen molar-refractivity contribution in [2.24, 2.45) is 0 Å². The zero-order valence-electron chi connectivity index (χ0n) is 8.38. The van der Waals surface area contributed by atoms with E-state index in [1.54, 1.807) is 18.2 Å². The first-order valence-corrected chi connectivity index (χ1v) is 5.21. The van der Waals surface area contributed by atoms with Crippen LogP contribution in [-0.4, -0.2) is 22.1 Å². The van der Waals surface area contributed by atoms with Crippen LogP contribution in [0, 0.1) is 18.3 Å². The number of hydrogen-bond acceptors (Lipinski definition) is 4. The molecule has 1 rings (SSSR count). The first-order valence-electron chi connectivity index (χ1n) is 4.57. The first kappa shape index (κ1) is 12.1. The molecule has 0 saturated carbocycles. The number of benzene rings is 1. The van der Waals surface area contributed by atoms with Gasteiger partial charge in [-0.3, -0.25) is 0 Å². The summed E-state index contributed by atoms with van der Waals surface area (Å²) in [6.07, 6.45) is -1.90. The first-order chi connectivity index (χ1) is 7.10. The summed E-state index contributed by atoms with van der Waals surface area (Å²) in [7, 11) is 0. The Bertz CT molecular complexity index is 387. The highest BCUT2D eigenvalue weighted by molar-refractivity contribution is 7.80. The average molecular weight is 223 g/mol. The highest BCUT2D eigenvalue weighted by atomic mass is 32.1. The number of aliphatic hydroxyl groups excluding tert-OH is 2. The summed E-state index contributed by atoms with van der Waals surface area (Å²) in [6.45, 7) is 1.82. The van der Waals surface area contributed by atoms with Crippen LogP contribution in [0.1, 0.15) is 22.8 Å². The van der Waals surface area contributed by atoms with Crippen LogP contribution in [0.4, 0.5) is 0 Å². The molecule has 2 N–H and O–H groups in total. The van der Waals surface area contributed by atoms with E-state index in [1.165, 1.54) is 0 Å². The Morgan fingerprint density at radius 2 is 2.13 bits per heavy atom. The predicted molar refractivity (Wildman–Crippen MR) is 60.7 cm³/mol. The molecule has 0 aliphatic carbocycles. The number of aliphatic hydroxyl groups is 2. The van der Waals surface area contributed by atoms with E-state index in [0.717, 1.165) is 5.56 Å². The second kappa shape index (κ2) is 5.17. The molecule has 0 fully saturated rings. The van der Waals surface area contributed by atoms with Crippen molar-refractivity contribution in [3.63, 3.8) is 0 Å². The average Bonchev–Trinajstić information content (AvgIpc) is 2.27. The lowest BCUT2D eigenvalue weighted by atomic mass is 10.00. The third kappa shape index (κ3) is 2.72. The molecular weight excluding hydrogens is 210 g/mol. The Morgan fingerprint density at radius 1 is 1.47 bits per heavy atom. The van der Waals surface area contributed by atoms with E-state index < -0.39 is 12.2 Å². The van der Waals surface area contributed by atoms with Crippen LogP contribution in [0.2, 0.25) is 0 Å². The van der Waals surface area contributed by atoms with Gasteiger partial charge in [-0.2, -0.15) is 17.9 Å². The maximum atomic E-state index is 9.69. The maximum Gasteiger partial charge on any atom is 0.106 e. The van der Waals surface area contributed by atoms with E-state index >= 15 is 0 Å². The molecule has 3 nitrogen and oxygen atoms in total. The van der Waals surface area contributed by atoms with Crippen LogP contribution in [0.25, 0.3) is 0 Å². The van der Waals surface area contributed by atoms with Crippen molar-refractivity contribution in [3.05, 3.63) is 34.9 Å². The van der Waals surface area contributed by atoms with Crippen molar-refractivity contribution < 1.29 is 10.2 Å². The van der Waals surface area contributed by atoms with Crippen molar-refractivity contribution in [2.45, 2.75) is 19.1 Å². The molecule has 0 saturated heterocycles. The second-order valence-electron chi connectivity index (χ2n) is 3.38. The summed E-state index contributed by atoms with van der Waals surface area (Å²) in [4.78, 5) is 0. The van der Waals surface area contributed by atoms with Gasteiger partial charge in [0.05, 0.1) is 17.7 Å². The van der Waals surface area contributed by atoms with Crippen molar-refractivity contribution in [3.8, 4) is 6.07 Å². The quantitative estimate of drug-likeness (QED) is 0.674. The molecule has 1 aromatic rings. The summed E-state index contributed by atoms with van der Waals surface area (Å²) in [6, 6.07) is 7.08. The van der Waals surface area contributed by atoms with Gasteiger partial charge in [0.2, 0.25) is 0 Å². The summed E-state index contributed by atoms with van der Waals surface area (Å²) in [5.41, 5.74) is 1.91. The molecule has 80 valence electrons. The van der Waals surface area contributed by atoms with E-state index in [0.29, 0.717) is 11.1 Å². The van der Waals surface area contributed by atoms with Crippen molar-refractivity contribution in [1.29, 1.82) is 5.26 Å². The minimum Gasteiger partial charge on any atom is -0.389 e. The molecule has 0 spiro atoms. The lowest BCUT2D eigenvalue weighted by Crippen LogP contribution is -2.19. The van der Waals surface area contributed by atoms with Gasteiger partial charge in [0.15, 0.2) is 0 Å². The number of nitriles is 1. The van der Waals surface area contributed by atoms with E-state index in [1.807, 2.05) is 13.0 Å². The van der Waals surface area contributed by atoms with Gasteiger partial charge in [0.1, 0.15) is 6.10 Å². The molecule has 2 atom stereocenters. The molecule has 0 aromatic heterocycles. The molecule has 4 heteroatoms. The van der Waals surface area contributed by atoms with Crippen LogP contribution < -0.4 is 0 Å². The van der Waals surface area contributed by atoms with Gasteiger partial charge in [0.25, 0.3) is 0 Å². The summed E-state index contributed by atoms with van der Waals surface area (Å²) < 4.78 is 0. The van der Waals surface area contributed by atoms with E-state index in [9.17, 15) is 10.2 Å². The molecule has 0 aliphatic heterocycles. The SMILES string of the molecule is Cc1ccc(C(O)C(O)CS)cc1C#N. The fraction of sp³-hybridized carbons (Fsp3) is 0.364. The maximum absolute atomic E-state index is 9.69. The van der Waals surface area contributed by atoms with Crippen LogP contribution >= 0.6 is 12.6 Å². The van der Waals surface area contributed by atoms with E-state index in [4.69, 9.17) is 5.26 Å². The Kier molecular flexibility index (Phi) is 4.15. The largest absolute Gasteiger partial charge is 0.389 e. The highest BCUT2D eigenvalue weighted by Gasteiger charge is 2.17. The number of hydrogen-bond donors (Lipinski definition) is 3. The fourth-order valence-electron chi connectivity index (χ4n) is 1.27. The van der Waals surface area contributed by atoms with E-state index in [2.05, 4.69) is 12.6 Å². The third-order valence-electron chi connectivity index (χ3n) is 2.28. The predicted octanol–water partition coefficient (Wildman–Crippen LogP) is 1.19. The number of aryl methyl sites for hydroxylation is 1. The fourth-order valence-corrected chi connectivity index (χ4v) is 1.47. The zero-order chi connectivity index (χ0) is 11.4. The Hall–Kier alpha value is -1.02. The van der Waals surface area contributed by atoms with Gasteiger partial charge in [-0.15, -0.1) is 0 Å². The molecule has 1 aromatic carbocycles. The summed E-state index contributed by atoms with van der Waals surface area (Å²) in [5, 5.41) is 27.9. The zero-order valence-corrected chi connectivity index (χ0v) is 9.28. The monoisotopic (exact) mass is 223 g/mol. The van der Waals surface area contributed by atoms with Crippen molar-refractivity contribution in [2.75, 3.05) is 5.75 Å². The van der Waals surface area contributed by atoms with Gasteiger partial charge in [0, 0.05) is 5.75 Å². The summed E-state index contributed by atoms with van der Waals surface area (Å²) in [5.74, 6) is 0.178. The van der Waals surface area contributed by atoms with Gasteiger partial charge < -0.3 is 10.2 Å². The molecule has 2 unspecified atom stereocenters. The minimum atomic E-state index is -0.991. The topological polar surface area (TPSA) is 64.2 Å². The number of rotatable bonds is 3. The number of nitrogens with zero attached hydrogens (tertiary/aromatic N) is 1. The Balaban J connectivity index is 3.02. The Labute approximate surface area is 94.4 Å². The minimum absolute atomic E-state index is 0.178. The lowest BCUT2D eigenvalue weighted by molar-refractivity contribution is 0.0337. The molecule has 0 radical (unpaired) electrons. The van der Waals surface area contributed by atoms with Gasteiger partial charge in [-0.1, -0.05) is 12.1 Å². The standard InChI is InChI=1S/C11H13NO2S/c1-7-2-3-8(4-9(7)5-12)11(14)10(13)6-15/h2-4,10-11,13-15H,6H2,1H3. The molecule has 0 heterocycles. The van der Waals surface area contributed by atoms with E-state index in [-0.39, 0.29) is 5.75 Å². The second-order valence-corrected chi connectivity index (χ2v) is 3.75. The van der Waals surface area contributed by atoms with Gasteiger partial charge >= 0.3 is 0 Å².